The van der Waals surface area contributed by atoms with Crippen molar-refractivity contribution in [1.29, 1.82) is 0 Å². The zero-order valence-corrected chi connectivity index (χ0v) is 14.8. The van der Waals surface area contributed by atoms with Crippen LogP contribution in [-0.4, -0.2) is 43.4 Å². The molecule has 0 N–H and O–H groups in total. The molecule has 2 aromatic rings. The van der Waals surface area contributed by atoms with Gasteiger partial charge in [0, 0.05) is 0 Å². The Labute approximate surface area is 152 Å². The lowest BCUT2D eigenvalue weighted by atomic mass is 9.98. The molecular weight excluding hydrogens is 330 g/mol. The van der Waals surface area contributed by atoms with Gasteiger partial charge in [-0.1, -0.05) is 36.4 Å². The second-order valence-electron chi connectivity index (χ2n) is 6.45. The number of barbiturate groups is 1. The lowest BCUT2D eigenvalue weighted by Crippen LogP contribution is -2.60. The number of rotatable bonds is 5. The van der Waals surface area contributed by atoms with E-state index in [9.17, 15) is 14.4 Å². The van der Waals surface area contributed by atoms with Crippen molar-refractivity contribution in [3.05, 3.63) is 60.7 Å². The summed E-state index contributed by atoms with van der Waals surface area (Å²) in [5, 5.41) is 0. The molecule has 1 fully saturated rings. The molecule has 1 aliphatic heterocycles. The highest BCUT2D eigenvalue weighted by Gasteiger charge is 2.46. The van der Waals surface area contributed by atoms with Crippen LogP contribution in [0.5, 0.6) is 0 Å². The Hall–Kier alpha value is -2.99. The Balaban J connectivity index is 2.03. The standard InChI is InChI=1S/C20H21N3O3/c1-21(2)14-13-17-18(24)22(15-9-5-3-6-10-15)20(26)23(19(17)25)16-11-7-4-8-12-16/h3-12,17H,13-14H2,1-2H3. The summed E-state index contributed by atoms with van der Waals surface area (Å²) in [6, 6.07) is 16.8. The van der Waals surface area contributed by atoms with Crippen molar-refractivity contribution in [2.75, 3.05) is 30.4 Å². The molecule has 0 aromatic heterocycles. The highest BCUT2D eigenvalue weighted by molar-refractivity contribution is 6.36. The van der Waals surface area contributed by atoms with Gasteiger partial charge in [-0.3, -0.25) is 9.59 Å². The molecule has 0 aliphatic carbocycles. The van der Waals surface area contributed by atoms with E-state index in [0.29, 0.717) is 24.3 Å². The topological polar surface area (TPSA) is 60.9 Å². The number of amides is 4. The molecule has 6 nitrogen and oxygen atoms in total. The minimum atomic E-state index is -0.893. The van der Waals surface area contributed by atoms with Gasteiger partial charge in [0.25, 0.3) is 0 Å². The zero-order valence-electron chi connectivity index (χ0n) is 14.8. The molecule has 0 unspecified atom stereocenters. The van der Waals surface area contributed by atoms with E-state index in [2.05, 4.69) is 0 Å². The number of urea groups is 1. The number of anilines is 2. The maximum absolute atomic E-state index is 13.0. The Morgan fingerprint density at radius 1 is 0.769 bits per heavy atom. The van der Waals surface area contributed by atoms with Gasteiger partial charge in [0.15, 0.2) is 0 Å². The molecule has 6 heteroatoms. The van der Waals surface area contributed by atoms with E-state index in [4.69, 9.17) is 0 Å². The summed E-state index contributed by atoms with van der Waals surface area (Å²) in [6.45, 7) is 0.571. The zero-order chi connectivity index (χ0) is 18.7. The number of nitrogens with zero attached hydrogens (tertiary/aromatic N) is 3. The quantitative estimate of drug-likeness (QED) is 0.777. The van der Waals surface area contributed by atoms with Gasteiger partial charge in [-0.25, -0.2) is 14.6 Å². The summed E-state index contributed by atoms with van der Waals surface area (Å²) in [7, 11) is 3.76. The third kappa shape index (κ3) is 3.36. The van der Waals surface area contributed by atoms with E-state index in [1.165, 1.54) is 0 Å². The summed E-state index contributed by atoms with van der Waals surface area (Å²) in [6.07, 6.45) is 0.352. The van der Waals surface area contributed by atoms with Gasteiger partial charge in [0.2, 0.25) is 11.8 Å². The molecule has 1 saturated heterocycles. The fourth-order valence-electron chi connectivity index (χ4n) is 2.97. The summed E-state index contributed by atoms with van der Waals surface area (Å²) >= 11 is 0. The van der Waals surface area contributed by atoms with Crippen molar-refractivity contribution >= 4 is 29.2 Å². The first-order valence-electron chi connectivity index (χ1n) is 8.47. The molecule has 1 aliphatic rings. The van der Waals surface area contributed by atoms with Crippen LogP contribution in [0.2, 0.25) is 0 Å². The first-order chi connectivity index (χ1) is 12.5. The average Bonchev–Trinajstić information content (AvgIpc) is 2.63. The van der Waals surface area contributed by atoms with Crippen molar-refractivity contribution < 1.29 is 14.4 Å². The maximum Gasteiger partial charge on any atom is 0.342 e. The monoisotopic (exact) mass is 351 g/mol. The average molecular weight is 351 g/mol. The van der Waals surface area contributed by atoms with Gasteiger partial charge in [-0.2, -0.15) is 0 Å². The Morgan fingerprint density at radius 3 is 1.58 bits per heavy atom. The Bertz CT molecular complexity index is 744. The maximum atomic E-state index is 13.0. The minimum absolute atomic E-state index is 0.352. The highest BCUT2D eigenvalue weighted by atomic mass is 16.2. The van der Waals surface area contributed by atoms with E-state index in [-0.39, 0.29) is 0 Å². The van der Waals surface area contributed by atoms with Crippen LogP contribution in [0.25, 0.3) is 0 Å². The molecule has 3 rings (SSSR count). The van der Waals surface area contributed by atoms with Crippen molar-refractivity contribution in [2.24, 2.45) is 5.92 Å². The molecule has 0 radical (unpaired) electrons. The number of hydrogen-bond donors (Lipinski definition) is 0. The number of carbonyl (C=O) groups is 3. The molecule has 4 amide bonds. The van der Waals surface area contributed by atoms with E-state index in [1.54, 1.807) is 48.5 Å². The van der Waals surface area contributed by atoms with Crippen molar-refractivity contribution in [3.8, 4) is 0 Å². The number of imide groups is 2. The van der Waals surface area contributed by atoms with Crippen LogP contribution in [0.3, 0.4) is 0 Å². The van der Waals surface area contributed by atoms with Crippen LogP contribution < -0.4 is 9.80 Å². The van der Waals surface area contributed by atoms with Gasteiger partial charge < -0.3 is 4.90 Å². The van der Waals surface area contributed by atoms with Gasteiger partial charge in [-0.15, -0.1) is 0 Å². The van der Waals surface area contributed by atoms with Gasteiger partial charge in [0.05, 0.1) is 11.4 Å². The number of hydrogen-bond acceptors (Lipinski definition) is 4. The Kier molecular flexibility index (Phi) is 5.14. The fourth-order valence-corrected chi connectivity index (χ4v) is 2.97. The molecule has 0 atom stereocenters. The molecule has 0 spiro atoms. The third-order valence-corrected chi connectivity index (χ3v) is 4.31. The van der Waals surface area contributed by atoms with E-state index >= 15 is 0 Å². The molecule has 1 heterocycles. The number of benzene rings is 2. The molecule has 26 heavy (non-hydrogen) atoms. The highest BCUT2D eigenvalue weighted by Crippen LogP contribution is 2.30. The van der Waals surface area contributed by atoms with Gasteiger partial charge in [0.1, 0.15) is 5.92 Å². The Morgan fingerprint density at radius 2 is 1.19 bits per heavy atom. The van der Waals surface area contributed by atoms with Crippen LogP contribution in [0.4, 0.5) is 16.2 Å². The molecule has 134 valence electrons. The first kappa shape index (κ1) is 17.8. The van der Waals surface area contributed by atoms with E-state index in [1.807, 2.05) is 31.1 Å². The van der Waals surface area contributed by atoms with Crippen LogP contribution in [0.1, 0.15) is 6.42 Å². The normalized spacial score (nSPS) is 15.9. The predicted molar refractivity (Wildman–Crippen MR) is 99.9 cm³/mol. The summed E-state index contributed by atoms with van der Waals surface area (Å²) in [5.74, 6) is -1.84. The van der Waals surface area contributed by atoms with Crippen LogP contribution in [-0.2, 0) is 9.59 Å². The summed E-state index contributed by atoms with van der Waals surface area (Å²) < 4.78 is 0. The number of para-hydroxylation sites is 2. The van der Waals surface area contributed by atoms with Crippen LogP contribution in [0.15, 0.2) is 60.7 Å². The van der Waals surface area contributed by atoms with Gasteiger partial charge in [-0.05, 0) is 51.3 Å². The molecular formula is C20H21N3O3. The molecule has 2 aromatic carbocycles. The largest absolute Gasteiger partial charge is 0.342 e. The molecule has 0 saturated carbocycles. The lowest BCUT2D eigenvalue weighted by molar-refractivity contribution is -0.133. The first-order valence-corrected chi connectivity index (χ1v) is 8.47. The van der Waals surface area contributed by atoms with E-state index in [0.717, 1.165) is 9.80 Å². The third-order valence-electron chi connectivity index (χ3n) is 4.31. The fraction of sp³-hybridized carbons (Fsp3) is 0.250. The van der Waals surface area contributed by atoms with Crippen molar-refractivity contribution in [1.82, 2.24) is 4.90 Å². The summed E-state index contributed by atoms with van der Waals surface area (Å²) in [5.41, 5.74) is 0.927. The number of carbonyl (C=O) groups excluding carboxylic acids is 3. The van der Waals surface area contributed by atoms with Gasteiger partial charge >= 0.3 is 6.03 Å². The van der Waals surface area contributed by atoms with E-state index < -0.39 is 23.8 Å². The molecule has 0 bridgehead atoms. The van der Waals surface area contributed by atoms with Crippen LogP contribution >= 0.6 is 0 Å². The van der Waals surface area contributed by atoms with Crippen molar-refractivity contribution in [2.45, 2.75) is 6.42 Å². The minimum Gasteiger partial charge on any atom is -0.309 e. The lowest BCUT2D eigenvalue weighted by Gasteiger charge is -2.37. The second-order valence-corrected chi connectivity index (χ2v) is 6.45. The SMILES string of the molecule is CN(C)CCC1C(=O)N(c2ccccc2)C(=O)N(c2ccccc2)C1=O. The van der Waals surface area contributed by atoms with Crippen molar-refractivity contribution in [3.63, 3.8) is 0 Å². The second kappa shape index (κ2) is 7.49. The van der Waals surface area contributed by atoms with Crippen LogP contribution in [0, 0.1) is 5.92 Å². The predicted octanol–water partition coefficient (Wildman–Crippen LogP) is 2.75. The smallest absolute Gasteiger partial charge is 0.309 e. The summed E-state index contributed by atoms with van der Waals surface area (Å²) in [4.78, 5) is 43.1.